The summed E-state index contributed by atoms with van der Waals surface area (Å²) in [5.41, 5.74) is 9.14. The molecular formula is C13H18N4. The molecule has 1 fully saturated rings. The molecule has 17 heavy (non-hydrogen) atoms. The van der Waals surface area contributed by atoms with Crippen molar-refractivity contribution in [3.8, 4) is 0 Å². The van der Waals surface area contributed by atoms with Crippen LogP contribution in [0.1, 0.15) is 42.9 Å². The van der Waals surface area contributed by atoms with E-state index in [0.29, 0.717) is 12.6 Å². The van der Waals surface area contributed by atoms with Gasteiger partial charge in [0.25, 0.3) is 0 Å². The van der Waals surface area contributed by atoms with Crippen LogP contribution in [0.3, 0.4) is 0 Å². The Morgan fingerprint density at radius 1 is 1.41 bits per heavy atom. The van der Waals surface area contributed by atoms with Crippen molar-refractivity contribution in [1.82, 2.24) is 14.5 Å². The van der Waals surface area contributed by atoms with E-state index < -0.39 is 0 Å². The predicted octanol–water partition coefficient (Wildman–Crippen LogP) is 2.10. The van der Waals surface area contributed by atoms with Crippen molar-refractivity contribution < 1.29 is 0 Å². The molecule has 0 aromatic carbocycles. The Balaban J connectivity index is 2.30. The van der Waals surface area contributed by atoms with Gasteiger partial charge in [0.1, 0.15) is 11.5 Å². The minimum absolute atomic E-state index is 0.561. The lowest BCUT2D eigenvalue weighted by atomic mass is 10.2. The third-order valence-corrected chi connectivity index (χ3v) is 3.45. The molecule has 3 rings (SSSR count). The zero-order chi connectivity index (χ0) is 12.0. The van der Waals surface area contributed by atoms with E-state index in [1.165, 1.54) is 18.4 Å². The molecule has 2 aromatic heterocycles. The highest BCUT2D eigenvalue weighted by molar-refractivity contribution is 5.83. The van der Waals surface area contributed by atoms with Gasteiger partial charge in [0.15, 0.2) is 0 Å². The molecule has 2 N–H and O–H groups in total. The minimum atomic E-state index is 0.561. The Labute approximate surface area is 101 Å². The quantitative estimate of drug-likeness (QED) is 0.878. The van der Waals surface area contributed by atoms with Crippen molar-refractivity contribution in [2.75, 3.05) is 0 Å². The van der Waals surface area contributed by atoms with Crippen molar-refractivity contribution in [1.29, 1.82) is 0 Å². The Kier molecular flexibility index (Phi) is 2.40. The average Bonchev–Trinajstić information content (AvgIpc) is 3.10. The first-order valence-electron chi connectivity index (χ1n) is 6.31. The van der Waals surface area contributed by atoms with E-state index in [9.17, 15) is 0 Å². The summed E-state index contributed by atoms with van der Waals surface area (Å²) in [6.07, 6.45) is 5.57. The third kappa shape index (κ3) is 1.63. The molecule has 2 heterocycles. The van der Waals surface area contributed by atoms with E-state index in [-0.39, 0.29) is 0 Å². The number of rotatable bonds is 3. The molecule has 1 aliphatic carbocycles. The summed E-state index contributed by atoms with van der Waals surface area (Å²) < 4.78 is 2.30. The molecule has 1 saturated carbocycles. The lowest BCUT2D eigenvalue weighted by Gasteiger charge is -2.04. The monoisotopic (exact) mass is 230 g/mol. The molecule has 0 saturated heterocycles. The third-order valence-electron chi connectivity index (χ3n) is 3.45. The van der Waals surface area contributed by atoms with E-state index in [1.807, 2.05) is 0 Å². The molecule has 0 aliphatic heterocycles. The van der Waals surface area contributed by atoms with Gasteiger partial charge in [-0.2, -0.15) is 0 Å². The van der Waals surface area contributed by atoms with E-state index in [4.69, 9.17) is 5.73 Å². The van der Waals surface area contributed by atoms with Gasteiger partial charge in [0.05, 0.1) is 5.69 Å². The highest BCUT2D eigenvalue weighted by atomic mass is 15.1. The van der Waals surface area contributed by atoms with Gasteiger partial charge < -0.3 is 10.3 Å². The zero-order valence-corrected chi connectivity index (χ0v) is 10.4. The molecule has 0 spiro atoms. The van der Waals surface area contributed by atoms with Crippen LogP contribution in [0.25, 0.3) is 11.0 Å². The van der Waals surface area contributed by atoms with Crippen LogP contribution in [0.4, 0.5) is 0 Å². The van der Waals surface area contributed by atoms with Gasteiger partial charge in [-0.3, -0.25) is 0 Å². The van der Waals surface area contributed by atoms with Crippen LogP contribution in [0, 0.1) is 6.92 Å². The van der Waals surface area contributed by atoms with Crippen LogP contribution in [0.15, 0.2) is 6.20 Å². The van der Waals surface area contributed by atoms with E-state index in [1.54, 1.807) is 0 Å². The Bertz CT molecular complexity index is 566. The van der Waals surface area contributed by atoms with Gasteiger partial charge in [-0.05, 0) is 25.3 Å². The summed E-state index contributed by atoms with van der Waals surface area (Å²) in [5.74, 6) is 0.929. The van der Waals surface area contributed by atoms with Crippen LogP contribution >= 0.6 is 0 Å². The Morgan fingerprint density at radius 2 is 2.18 bits per heavy atom. The second-order valence-corrected chi connectivity index (χ2v) is 4.77. The summed E-state index contributed by atoms with van der Waals surface area (Å²) in [6.45, 7) is 4.71. The van der Waals surface area contributed by atoms with Gasteiger partial charge in [-0.15, -0.1) is 0 Å². The van der Waals surface area contributed by atoms with Crippen LogP contribution in [0.5, 0.6) is 0 Å². The summed E-state index contributed by atoms with van der Waals surface area (Å²) in [7, 11) is 0. The van der Waals surface area contributed by atoms with Gasteiger partial charge in [-0.25, -0.2) is 9.97 Å². The zero-order valence-electron chi connectivity index (χ0n) is 10.4. The van der Waals surface area contributed by atoms with Crippen LogP contribution < -0.4 is 5.73 Å². The van der Waals surface area contributed by atoms with Crippen molar-refractivity contribution in [3.05, 3.63) is 23.3 Å². The number of hydrogen-bond donors (Lipinski definition) is 1. The first-order valence-corrected chi connectivity index (χ1v) is 6.31. The molecule has 0 bridgehead atoms. The SMILES string of the molecule is CCc1nc(C)c2c(CN)cn(C3CC3)c2n1. The van der Waals surface area contributed by atoms with Gasteiger partial charge in [0, 0.05) is 30.6 Å². The maximum Gasteiger partial charge on any atom is 0.144 e. The fourth-order valence-corrected chi connectivity index (χ4v) is 2.41. The number of nitrogens with zero attached hydrogens (tertiary/aromatic N) is 3. The van der Waals surface area contributed by atoms with Gasteiger partial charge in [0.2, 0.25) is 0 Å². The second kappa shape index (κ2) is 3.81. The fraction of sp³-hybridized carbons (Fsp3) is 0.538. The van der Waals surface area contributed by atoms with Crippen molar-refractivity contribution >= 4 is 11.0 Å². The Morgan fingerprint density at radius 3 is 2.76 bits per heavy atom. The number of nitrogens with two attached hydrogens (primary N) is 1. The minimum Gasteiger partial charge on any atom is -0.329 e. The van der Waals surface area contributed by atoms with E-state index in [2.05, 4.69) is 34.6 Å². The fourth-order valence-electron chi connectivity index (χ4n) is 2.41. The highest BCUT2D eigenvalue weighted by Crippen LogP contribution is 2.38. The number of aryl methyl sites for hydroxylation is 2. The predicted molar refractivity (Wildman–Crippen MR) is 67.8 cm³/mol. The van der Waals surface area contributed by atoms with E-state index >= 15 is 0 Å². The van der Waals surface area contributed by atoms with Crippen LogP contribution in [-0.4, -0.2) is 14.5 Å². The van der Waals surface area contributed by atoms with Crippen molar-refractivity contribution in [2.24, 2.45) is 5.73 Å². The van der Waals surface area contributed by atoms with Crippen molar-refractivity contribution in [2.45, 2.75) is 45.7 Å². The molecule has 4 heteroatoms. The standard InChI is InChI=1S/C13H18N4/c1-3-11-15-8(2)12-9(6-14)7-17(10-4-5-10)13(12)16-11/h7,10H,3-6,14H2,1-2H3. The van der Waals surface area contributed by atoms with Gasteiger partial charge in [-0.1, -0.05) is 6.92 Å². The first-order chi connectivity index (χ1) is 8.24. The second-order valence-electron chi connectivity index (χ2n) is 4.77. The molecule has 4 nitrogen and oxygen atoms in total. The lowest BCUT2D eigenvalue weighted by Crippen LogP contribution is -2.01. The summed E-state index contributed by atoms with van der Waals surface area (Å²) in [5, 5.41) is 1.16. The summed E-state index contributed by atoms with van der Waals surface area (Å²) in [4.78, 5) is 9.22. The van der Waals surface area contributed by atoms with Gasteiger partial charge >= 0.3 is 0 Å². The first kappa shape index (κ1) is 10.7. The smallest absolute Gasteiger partial charge is 0.144 e. The molecule has 0 amide bonds. The molecular weight excluding hydrogens is 212 g/mol. The molecule has 0 atom stereocenters. The molecule has 2 aromatic rings. The number of hydrogen-bond acceptors (Lipinski definition) is 3. The molecule has 0 radical (unpaired) electrons. The number of aromatic nitrogens is 3. The normalized spacial score (nSPS) is 15.7. The number of fused-ring (bicyclic) bond motifs is 1. The summed E-state index contributed by atoms with van der Waals surface area (Å²) in [6, 6.07) is 0.636. The topological polar surface area (TPSA) is 56.7 Å². The summed E-state index contributed by atoms with van der Waals surface area (Å²) >= 11 is 0. The molecule has 1 aliphatic rings. The maximum atomic E-state index is 5.82. The van der Waals surface area contributed by atoms with Crippen LogP contribution in [0.2, 0.25) is 0 Å². The average molecular weight is 230 g/mol. The van der Waals surface area contributed by atoms with E-state index in [0.717, 1.165) is 29.0 Å². The van der Waals surface area contributed by atoms with Crippen LogP contribution in [-0.2, 0) is 13.0 Å². The largest absolute Gasteiger partial charge is 0.329 e. The molecule has 0 unspecified atom stereocenters. The molecule has 90 valence electrons. The lowest BCUT2D eigenvalue weighted by molar-refractivity contribution is 0.756. The Hall–Kier alpha value is -1.42. The van der Waals surface area contributed by atoms with Crippen molar-refractivity contribution in [3.63, 3.8) is 0 Å². The highest BCUT2D eigenvalue weighted by Gasteiger charge is 2.27. The maximum absolute atomic E-state index is 5.82.